The van der Waals surface area contributed by atoms with Crippen molar-refractivity contribution in [2.24, 2.45) is 0 Å². The van der Waals surface area contributed by atoms with Crippen LogP contribution in [0.15, 0.2) is 18.2 Å². The number of halogens is 1. The number of nitrogens with zero attached hydrogens (tertiary/aromatic N) is 2. The number of aromatic nitrogens is 1. The van der Waals surface area contributed by atoms with Crippen molar-refractivity contribution in [3.63, 3.8) is 0 Å². The van der Waals surface area contributed by atoms with E-state index in [2.05, 4.69) is 4.98 Å². The van der Waals surface area contributed by atoms with Crippen molar-refractivity contribution in [2.45, 2.75) is 13.5 Å². The molecule has 0 spiro atoms. The van der Waals surface area contributed by atoms with Crippen LogP contribution in [0.1, 0.15) is 10.6 Å². The van der Waals surface area contributed by atoms with Crippen LogP contribution in [0.25, 0.3) is 10.6 Å². The monoisotopic (exact) mass is 284 g/mol. The topological polar surface area (TPSA) is 76.3 Å². The fraction of sp³-hybridized carbons (Fsp3) is 0.182. The van der Waals surface area contributed by atoms with Gasteiger partial charge in [-0.2, -0.15) is 0 Å². The number of thiazole rings is 1. The van der Waals surface area contributed by atoms with Crippen molar-refractivity contribution in [2.75, 3.05) is 0 Å². The number of nitro benzene ring substituents is 1. The maximum atomic E-state index is 10.8. The van der Waals surface area contributed by atoms with E-state index in [1.165, 1.54) is 23.5 Å². The molecule has 1 heterocycles. The van der Waals surface area contributed by atoms with Crippen LogP contribution in [0, 0.1) is 17.0 Å². The smallest absolute Gasteiger partial charge is 0.288 e. The second-order valence-electron chi connectivity index (χ2n) is 3.61. The Bertz CT molecular complexity index is 612. The van der Waals surface area contributed by atoms with E-state index in [1.54, 1.807) is 13.0 Å². The molecule has 0 saturated carbocycles. The largest absolute Gasteiger partial charge is 0.391 e. The van der Waals surface area contributed by atoms with Gasteiger partial charge in [0.05, 0.1) is 22.1 Å². The lowest BCUT2D eigenvalue weighted by atomic mass is 10.2. The molecular formula is C11H9ClN2O3S. The number of rotatable bonds is 3. The summed E-state index contributed by atoms with van der Waals surface area (Å²) in [6.45, 7) is 1.70. The van der Waals surface area contributed by atoms with E-state index in [4.69, 9.17) is 16.7 Å². The van der Waals surface area contributed by atoms with Crippen molar-refractivity contribution in [1.29, 1.82) is 0 Å². The Hall–Kier alpha value is -1.50. The van der Waals surface area contributed by atoms with Crippen molar-refractivity contribution in [3.05, 3.63) is 43.9 Å². The summed E-state index contributed by atoms with van der Waals surface area (Å²) in [6.07, 6.45) is 0. The van der Waals surface area contributed by atoms with Crippen molar-refractivity contribution in [1.82, 2.24) is 4.98 Å². The zero-order valence-corrected chi connectivity index (χ0v) is 11.0. The Morgan fingerprint density at radius 2 is 2.28 bits per heavy atom. The quantitative estimate of drug-likeness (QED) is 0.694. The molecule has 0 fully saturated rings. The molecule has 1 aromatic heterocycles. The zero-order chi connectivity index (χ0) is 13.3. The molecule has 94 valence electrons. The van der Waals surface area contributed by atoms with Crippen LogP contribution < -0.4 is 0 Å². The normalized spacial score (nSPS) is 10.6. The average Bonchev–Trinajstić information content (AvgIpc) is 2.70. The molecule has 0 unspecified atom stereocenters. The van der Waals surface area contributed by atoms with E-state index < -0.39 is 4.92 Å². The second kappa shape index (κ2) is 5.01. The molecule has 0 aliphatic carbocycles. The number of hydrogen-bond donors (Lipinski definition) is 1. The van der Waals surface area contributed by atoms with Crippen LogP contribution in [0.3, 0.4) is 0 Å². The summed E-state index contributed by atoms with van der Waals surface area (Å²) in [5, 5.41) is 20.6. The average molecular weight is 285 g/mol. The lowest BCUT2D eigenvalue weighted by Gasteiger charge is -1.98. The molecule has 0 amide bonds. The van der Waals surface area contributed by atoms with E-state index in [-0.39, 0.29) is 17.3 Å². The summed E-state index contributed by atoms with van der Waals surface area (Å²) in [5.74, 6) is 0. The Morgan fingerprint density at radius 1 is 1.56 bits per heavy atom. The third-order valence-electron chi connectivity index (χ3n) is 2.43. The van der Waals surface area contributed by atoms with Gasteiger partial charge in [0.2, 0.25) is 0 Å². The maximum Gasteiger partial charge on any atom is 0.288 e. The van der Waals surface area contributed by atoms with Crippen LogP contribution >= 0.6 is 22.9 Å². The molecule has 0 aliphatic heterocycles. The van der Waals surface area contributed by atoms with Crippen LogP contribution in [-0.2, 0) is 6.61 Å². The van der Waals surface area contributed by atoms with E-state index in [0.29, 0.717) is 10.6 Å². The van der Waals surface area contributed by atoms with Crippen LogP contribution in [0.4, 0.5) is 5.69 Å². The summed E-state index contributed by atoms with van der Waals surface area (Å²) in [6, 6.07) is 4.54. The minimum Gasteiger partial charge on any atom is -0.391 e. The number of benzene rings is 1. The number of aliphatic hydroxyl groups is 1. The van der Waals surface area contributed by atoms with E-state index in [1.807, 2.05) is 0 Å². The predicted molar refractivity (Wildman–Crippen MR) is 69.9 cm³/mol. The Morgan fingerprint density at radius 3 is 2.83 bits per heavy atom. The van der Waals surface area contributed by atoms with Crippen LogP contribution in [-0.4, -0.2) is 15.0 Å². The highest BCUT2D eigenvalue weighted by atomic mass is 35.5. The SMILES string of the molecule is Cc1nc(-c2ccc(Cl)c([N+](=O)[O-])c2)sc1CO. The summed E-state index contributed by atoms with van der Waals surface area (Å²) in [4.78, 5) is 15.3. The van der Waals surface area contributed by atoms with Gasteiger partial charge in [-0.15, -0.1) is 11.3 Å². The summed E-state index contributed by atoms with van der Waals surface area (Å²) < 4.78 is 0. The van der Waals surface area contributed by atoms with Gasteiger partial charge in [-0.25, -0.2) is 4.98 Å². The molecule has 2 rings (SSSR count). The lowest BCUT2D eigenvalue weighted by molar-refractivity contribution is -0.384. The Balaban J connectivity index is 2.50. The van der Waals surface area contributed by atoms with Gasteiger partial charge in [0, 0.05) is 11.6 Å². The molecule has 5 nitrogen and oxygen atoms in total. The van der Waals surface area contributed by atoms with E-state index in [9.17, 15) is 10.1 Å². The van der Waals surface area contributed by atoms with Gasteiger partial charge >= 0.3 is 0 Å². The Labute approximate surface area is 112 Å². The van der Waals surface area contributed by atoms with Crippen molar-refractivity contribution in [3.8, 4) is 10.6 Å². The molecule has 0 atom stereocenters. The standard InChI is InChI=1S/C11H9ClN2O3S/c1-6-10(5-15)18-11(13-6)7-2-3-8(12)9(4-7)14(16)17/h2-4,15H,5H2,1H3. The van der Waals surface area contributed by atoms with Crippen LogP contribution in [0.2, 0.25) is 5.02 Å². The molecule has 0 radical (unpaired) electrons. The minimum absolute atomic E-state index is 0.0841. The fourth-order valence-corrected chi connectivity index (χ4v) is 2.59. The molecule has 0 saturated heterocycles. The molecule has 2 aromatic rings. The van der Waals surface area contributed by atoms with Crippen LogP contribution in [0.5, 0.6) is 0 Å². The molecular weight excluding hydrogens is 276 g/mol. The maximum absolute atomic E-state index is 10.8. The van der Waals surface area contributed by atoms with Crippen molar-refractivity contribution >= 4 is 28.6 Å². The molecule has 0 aliphatic rings. The van der Waals surface area contributed by atoms with Gasteiger partial charge in [-0.3, -0.25) is 10.1 Å². The lowest BCUT2D eigenvalue weighted by Crippen LogP contribution is -1.89. The number of aryl methyl sites for hydroxylation is 1. The van der Waals surface area contributed by atoms with Gasteiger partial charge in [-0.1, -0.05) is 11.6 Å². The third kappa shape index (κ3) is 2.35. The first-order valence-corrected chi connectivity index (χ1v) is 6.24. The Kier molecular flexibility index (Phi) is 3.60. The zero-order valence-electron chi connectivity index (χ0n) is 9.38. The first-order chi connectivity index (χ1) is 8.52. The molecule has 7 heteroatoms. The molecule has 1 N–H and O–H groups in total. The molecule has 0 bridgehead atoms. The first kappa shape index (κ1) is 12.9. The fourth-order valence-electron chi connectivity index (χ4n) is 1.48. The highest BCUT2D eigenvalue weighted by Crippen LogP contribution is 2.33. The predicted octanol–water partition coefficient (Wildman–Crippen LogP) is 3.17. The highest BCUT2D eigenvalue weighted by Gasteiger charge is 2.16. The van der Waals surface area contributed by atoms with E-state index >= 15 is 0 Å². The summed E-state index contributed by atoms with van der Waals surface area (Å²) >= 11 is 7.06. The number of aliphatic hydroxyl groups excluding tert-OH is 1. The number of hydrogen-bond acceptors (Lipinski definition) is 5. The minimum atomic E-state index is -0.529. The van der Waals surface area contributed by atoms with Gasteiger partial charge < -0.3 is 5.11 Å². The summed E-state index contributed by atoms with van der Waals surface area (Å²) in [5.41, 5.74) is 1.21. The number of nitro groups is 1. The highest BCUT2D eigenvalue weighted by molar-refractivity contribution is 7.15. The van der Waals surface area contributed by atoms with Gasteiger partial charge in [0.15, 0.2) is 0 Å². The first-order valence-electron chi connectivity index (χ1n) is 5.04. The third-order valence-corrected chi connectivity index (χ3v) is 3.94. The summed E-state index contributed by atoms with van der Waals surface area (Å²) in [7, 11) is 0. The molecule has 1 aromatic carbocycles. The second-order valence-corrected chi connectivity index (χ2v) is 5.10. The van der Waals surface area contributed by atoms with Gasteiger partial charge in [0.25, 0.3) is 5.69 Å². The van der Waals surface area contributed by atoms with Crippen molar-refractivity contribution < 1.29 is 10.0 Å². The van der Waals surface area contributed by atoms with E-state index in [0.717, 1.165) is 10.6 Å². The molecule has 18 heavy (non-hydrogen) atoms. The van der Waals surface area contributed by atoms with Gasteiger partial charge in [-0.05, 0) is 19.1 Å². The van der Waals surface area contributed by atoms with Gasteiger partial charge in [0.1, 0.15) is 10.0 Å².